The smallest absolute Gasteiger partial charge is 0.303 e. The van der Waals surface area contributed by atoms with E-state index in [1.807, 2.05) is 12.3 Å². The Bertz CT molecular complexity index is 154. The van der Waals surface area contributed by atoms with Crippen molar-refractivity contribution in [2.45, 2.75) is 12.8 Å². The summed E-state index contributed by atoms with van der Waals surface area (Å²) in [5, 5.41) is 11.4. The Morgan fingerprint density at radius 1 is 1.80 bits per heavy atom. The molecule has 0 aromatic carbocycles. The first-order chi connectivity index (χ1) is 4.79. The van der Waals surface area contributed by atoms with Crippen LogP contribution in [0.2, 0.25) is 0 Å². The van der Waals surface area contributed by atoms with Gasteiger partial charge >= 0.3 is 5.97 Å². The van der Waals surface area contributed by atoms with Gasteiger partial charge in [0.1, 0.15) is 0 Å². The summed E-state index contributed by atoms with van der Waals surface area (Å²) in [5.74, 6) is -0.477. The van der Waals surface area contributed by atoms with Crippen LogP contribution in [0.15, 0.2) is 12.3 Å². The van der Waals surface area contributed by atoms with Crippen molar-refractivity contribution in [3.05, 3.63) is 12.3 Å². The topological polar surface area (TPSA) is 49.3 Å². The Balaban J connectivity index is 2.33. The molecule has 0 aromatic rings. The zero-order chi connectivity index (χ0) is 7.40. The van der Waals surface area contributed by atoms with E-state index in [4.69, 9.17) is 5.11 Å². The Morgan fingerprint density at radius 3 is 3.10 bits per heavy atom. The number of carboxylic acids is 1. The van der Waals surface area contributed by atoms with E-state index >= 15 is 0 Å². The van der Waals surface area contributed by atoms with Crippen LogP contribution in [0.3, 0.4) is 0 Å². The standard InChI is InChI=1S/C7H11NO2/c9-7(10)5-6-1-3-8-4-2-6/h1,3,6,8H,2,4-5H2,(H,9,10). The van der Waals surface area contributed by atoms with Crippen molar-refractivity contribution in [3.63, 3.8) is 0 Å². The first kappa shape index (κ1) is 7.12. The van der Waals surface area contributed by atoms with Gasteiger partial charge in [-0.3, -0.25) is 4.79 Å². The molecule has 1 rings (SSSR count). The van der Waals surface area contributed by atoms with Gasteiger partial charge in [-0.2, -0.15) is 0 Å². The van der Waals surface area contributed by atoms with Crippen LogP contribution in [0.1, 0.15) is 12.8 Å². The van der Waals surface area contributed by atoms with Gasteiger partial charge in [-0.05, 0) is 18.5 Å². The highest BCUT2D eigenvalue weighted by molar-refractivity contribution is 5.67. The molecule has 1 atom stereocenters. The van der Waals surface area contributed by atoms with E-state index in [-0.39, 0.29) is 12.3 Å². The van der Waals surface area contributed by atoms with E-state index in [0.717, 1.165) is 13.0 Å². The number of hydrogen-bond donors (Lipinski definition) is 2. The van der Waals surface area contributed by atoms with Crippen molar-refractivity contribution < 1.29 is 9.90 Å². The normalized spacial score (nSPS) is 23.8. The van der Waals surface area contributed by atoms with Gasteiger partial charge in [0.25, 0.3) is 0 Å². The quantitative estimate of drug-likeness (QED) is 0.591. The van der Waals surface area contributed by atoms with E-state index in [2.05, 4.69) is 5.32 Å². The van der Waals surface area contributed by atoms with Gasteiger partial charge in [0.2, 0.25) is 0 Å². The summed E-state index contributed by atoms with van der Waals surface area (Å²) in [6, 6.07) is 0. The number of aliphatic carboxylic acids is 1. The molecule has 3 heteroatoms. The maximum Gasteiger partial charge on any atom is 0.303 e. The molecule has 56 valence electrons. The van der Waals surface area contributed by atoms with Crippen molar-refractivity contribution in [2.75, 3.05) is 6.54 Å². The Hall–Kier alpha value is -0.990. The van der Waals surface area contributed by atoms with Gasteiger partial charge in [0.05, 0.1) is 6.42 Å². The first-order valence-electron chi connectivity index (χ1n) is 3.41. The van der Waals surface area contributed by atoms with Crippen LogP contribution in [0.25, 0.3) is 0 Å². The van der Waals surface area contributed by atoms with Crippen molar-refractivity contribution in [3.8, 4) is 0 Å². The number of nitrogens with one attached hydrogen (secondary N) is 1. The second-order valence-electron chi connectivity index (χ2n) is 2.46. The summed E-state index contributed by atoms with van der Waals surface area (Å²) >= 11 is 0. The Kier molecular flexibility index (Phi) is 2.31. The van der Waals surface area contributed by atoms with Crippen LogP contribution in [0.5, 0.6) is 0 Å². The van der Waals surface area contributed by atoms with Gasteiger partial charge in [-0.15, -0.1) is 0 Å². The molecule has 1 aliphatic heterocycles. The lowest BCUT2D eigenvalue weighted by molar-refractivity contribution is -0.137. The van der Waals surface area contributed by atoms with E-state index in [0.29, 0.717) is 0 Å². The molecular weight excluding hydrogens is 130 g/mol. The summed E-state index contributed by atoms with van der Waals surface area (Å²) in [6.07, 6.45) is 4.94. The SMILES string of the molecule is O=C(O)CC1C=CNCC1. The fraction of sp³-hybridized carbons (Fsp3) is 0.571. The van der Waals surface area contributed by atoms with Gasteiger partial charge in [-0.25, -0.2) is 0 Å². The van der Waals surface area contributed by atoms with Crippen LogP contribution >= 0.6 is 0 Å². The molecule has 0 spiro atoms. The van der Waals surface area contributed by atoms with Crippen LogP contribution in [0.4, 0.5) is 0 Å². The van der Waals surface area contributed by atoms with Crippen LogP contribution in [-0.2, 0) is 4.79 Å². The molecule has 0 saturated heterocycles. The lowest BCUT2D eigenvalue weighted by Gasteiger charge is -2.14. The van der Waals surface area contributed by atoms with E-state index in [1.165, 1.54) is 0 Å². The molecular formula is C7H11NO2. The third kappa shape index (κ3) is 2.09. The minimum atomic E-state index is -0.712. The van der Waals surface area contributed by atoms with E-state index < -0.39 is 5.97 Å². The molecule has 0 saturated carbocycles. The average Bonchev–Trinajstić information content (AvgIpc) is 1.88. The summed E-state index contributed by atoms with van der Waals surface area (Å²) in [6.45, 7) is 0.897. The third-order valence-corrected chi connectivity index (χ3v) is 1.58. The predicted octanol–water partition coefficient (Wildman–Crippen LogP) is 0.584. The molecule has 2 N–H and O–H groups in total. The van der Waals surface area contributed by atoms with Gasteiger partial charge < -0.3 is 10.4 Å². The summed E-state index contributed by atoms with van der Waals surface area (Å²) in [5.41, 5.74) is 0. The van der Waals surface area contributed by atoms with Gasteiger partial charge in [-0.1, -0.05) is 6.08 Å². The molecule has 0 aromatic heterocycles. The van der Waals surface area contributed by atoms with Crippen LogP contribution in [-0.4, -0.2) is 17.6 Å². The Labute approximate surface area is 59.7 Å². The molecule has 1 heterocycles. The van der Waals surface area contributed by atoms with Crippen molar-refractivity contribution >= 4 is 5.97 Å². The second kappa shape index (κ2) is 3.25. The van der Waals surface area contributed by atoms with Crippen molar-refractivity contribution in [1.82, 2.24) is 5.32 Å². The number of hydrogen-bond acceptors (Lipinski definition) is 2. The highest BCUT2D eigenvalue weighted by Gasteiger charge is 2.11. The molecule has 0 aliphatic carbocycles. The number of allylic oxidation sites excluding steroid dienone is 1. The lowest BCUT2D eigenvalue weighted by Crippen LogP contribution is -2.19. The molecule has 1 aliphatic rings. The van der Waals surface area contributed by atoms with E-state index in [9.17, 15) is 4.79 Å². The number of carboxylic acid groups (broad SMARTS) is 1. The van der Waals surface area contributed by atoms with Crippen molar-refractivity contribution in [1.29, 1.82) is 0 Å². The molecule has 0 bridgehead atoms. The number of carbonyl (C=O) groups is 1. The predicted molar refractivity (Wildman–Crippen MR) is 37.5 cm³/mol. The van der Waals surface area contributed by atoms with Crippen LogP contribution in [0, 0.1) is 5.92 Å². The minimum absolute atomic E-state index is 0.235. The molecule has 3 nitrogen and oxygen atoms in total. The summed E-state index contributed by atoms with van der Waals surface area (Å²) < 4.78 is 0. The summed E-state index contributed by atoms with van der Waals surface area (Å²) in [4.78, 5) is 10.2. The lowest BCUT2D eigenvalue weighted by atomic mass is 10.00. The second-order valence-corrected chi connectivity index (χ2v) is 2.46. The molecule has 10 heavy (non-hydrogen) atoms. The maximum atomic E-state index is 10.2. The highest BCUT2D eigenvalue weighted by atomic mass is 16.4. The minimum Gasteiger partial charge on any atom is -0.481 e. The fourth-order valence-corrected chi connectivity index (χ4v) is 1.05. The zero-order valence-corrected chi connectivity index (χ0v) is 5.71. The van der Waals surface area contributed by atoms with E-state index in [1.54, 1.807) is 0 Å². The van der Waals surface area contributed by atoms with Gasteiger partial charge in [0.15, 0.2) is 0 Å². The molecule has 0 amide bonds. The average molecular weight is 141 g/mol. The number of rotatable bonds is 2. The first-order valence-corrected chi connectivity index (χ1v) is 3.41. The van der Waals surface area contributed by atoms with Gasteiger partial charge in [0, 0.05) is 6.54 Å². The highest BCUT2D eigenvalue weighted by Crippen LogP contribution is 2.11. The monoisotopic (exact) mass is 141 g/mol. The third-order valence-electron chi connectivity index (χ3n) is 1.58. The fourth-order valence-electron chi connectivity index (χ4n) is 1.05. The Morgan fingerprint density at radius 2 is 2.60 bits per heavy atom. The molecule has 1 unspecified atom stereocenters. The van der Waals surface area contributed by atoms with Crippen molar-refractivity contribution in [2.24, 2.45) is 5.92 Å². The maximum absolute atomic E-state index is 10.2. The molecule has 0 fully saturated rings. The largest absolute Gasteiger partial charge is 0.481 e. The molecule has 0 radical (unpaired) electrons. The summed E-state index contributed by atoms with van der Waals surface area (Å²) in [7, 11) is 0. The van der Waals surface area contributed by atoms with Crippen LogP contribution < -0.4 is 5.32 Å². The zero-order valence-electron chi connectivity index (χ0n) is 5.71.